The van der Waals surface area contributed by atoms with E-state index < -0.39 is 10.0 Å². The Kier molecular flexibility index (Phi) is 2.55. The van der Waals surface area contributed by atoms with Crippen LogP contribution in [0.25, 0.3) is 10.8 Å². The van der Waals surface area contributed by atoms with Gasteiger partial charge in [0.05, 0.1) is 11.9 Å². The molecule has 0 amide bonds. The molecule has 0 spiro atoms. The predicted octanol–water partition coefficient (Wildman–Crippen LogP) is 1.91. The number of hydrogen-bond acceptors (Lipinski definition) is 3. The average Bonchev–Trinajstić information content (AvgIpc) is 2.17. The first-order chi connectivity index (χ1) is 7.47. The molecule has 1 heterocycles. The highest BCUT2D eigenvalue weighted by molar-refractivity contribution is 7.92. The molecule has 4 nitrogen and oxygen atoms in total. The SMILES string of the molecule is Cc1nccc2c(NS(C)(=O)=O)cccc12. The van der Waals surface area contributed by atoms with Crippen LogP contribution in [0.5, 0.6) is 0 Å². The van der Waals surface area contributed by atoms with Gasteiger partial charge in [-0.05, 0) is 19.1 Å². The molecule has 0 saturated heterocycles. The molecule has 1 aromatic carbocycles. The van der Waals surface area contributed by atoms with Gasteiger partial charge in [-0.1, -0.05) is 12.1 Å². The van der Waals surface area contributed by atoms with E-state index in [2.05, 4.69) is 9.71 Å². The van der Waals surface area contributed by atoms with E-state index in [4.69, 9.17) is 0 Å². The number of benzene rings is 1. The maximum atomic E-state index is 11.2. The lowest BCUT2D eigenvalue weighted by Gasteiger charge is -2.08. The number of rotatable bonds is 2. The summed E-state index contributed by atoms with van der Waals surface area (Å²) in [6, 6.07) is 7.27. The van der Waals surface area contributed by atoms with Gasteiger partial charge in [0.25, 0.3) is 0 Å². The third-order valence-corrected chi connectivity index (χ3v) is 2.89. The third kappa shape index (κ3) is 2.14. The van der Waals surface area contributed by atoms with Crippen molar-refractivity contribution in [2.24, 2.45) is 0 Å². The van der Waals surface area contributed by atoms with E-state index in [0.717, 1.165) is 22.7 Å². The fourth-order valence-electron chi connectivity index (χ4n) is 1.64. The topological polar surface area (TPSA) is 59.1 Å². The van der Waals surface area contributed by atoms with Gasteiger partial charge in [-0.15, -0.1) is 0 Å². The number of pyridine rings is 1. The largest absolute Gasteiger partial charge is 0.283 e. The molecule has 0 aliphatic heterocycles. The van der Waals surface area contributed by atoms with Crippen LogP contribution in [0.15, 0.2) is 30.5 Å². The minimum Gasteiger partial charge on any atom is -0.283 e. The Morgan fingerprint density at radius 3 is 2.62 bits per heavy atom. The molecule has 0 unspecified atom stereocenters. The van der Waals surface area contributed by atoms with Crippen LogP contribution in [0.3, 0.4) is 0 Å². The maximum absolute atomic E-state index is 11.2. The second-order valence-corrected chi connectivity index (χ2v) is 5.42. The molecule has 0 radical (unpaired) electrons. The van der Waals surface area contributed by atoms with Crippen molar-refractivity contribution >= 4 is 26.5 Å². The van der Waals surface area contributed by atoms with E-state index in [1.54, 1.807) is 18.3 Å². The number of nitrogens with zero attached hydrogens (tertiary/aromatic N) is 1. The zero-order chi connectivity index (χ0) is 11.8. The first-order valence-electron chi connectivity index (χ1n) is 4.79. The molecule has 1 N–H and O–H groups in total. The Morgan fingerprint density at radius 1 is 1.19 bits per heavy atom. The quantitative estimate of drug-likeness (QED) is 0.866. The van der Waals surface area contributed by atoms with E-state index in [0.29, 0.717) is 5.69 Å². The minimum absolute atomic E-state index is 0.588. The van der Waals surface area contributed by atoms with E-state index in [1.165, 1.54) is 0 Å². The van der Waals surface area contributed by atoms with Crippen LogP contribution in [0, 0.1) is 6.92 Å². The highest BCUT2D eigenvalue weighted by Crippen LogP contribution is 2.24. The summed E-state index contributed by atoms with van der Waals surface area (Å²) in [6.07, 6.45) is 2.81. The first kappa shape index (κ1) is 10.9. The lowest BCUT2D eigenvalue weighted by molar-refractivity contribution is 0.607. The number of nitrogens with one attached hydrogen (secondary N) is 1. The van der Waals surface area contributed by atoms with E-state index in [1.807, 2.05) is 19.1 Å². The highest BCUT2D eigenvalue weighted by atomic mass is 32.2. The molecule has 0 aliphatic carbocycles. The lowest BCUT2D eigenvalue weighted by Crippen LogP contribution is -2.09. The minimum atomic E-state index is -3.25. The second-order valence-electron chi connectivity index (χ2n) is 3.67. The van der Waals surface area contributed by atoms with Gasteiger partial charge in [0.1, 0.15) is 0 Å². The molecule has 84 valence electrons. The monoisotopic (exact) mass is 236 g/mol. The summed E-state index contributed by atoms with van der Waals surface area (Å²) < 4.78 is 24.9. The van der Waals surface area contributed by atoms with Crippen molar-refractivity contribution in [1.29, 1.82) is 0 Å². The molecule has 1 aromatic heterocycles. The van der Waals surface area contributed by atoms with Crippen molar-refractivity contribution in [1.82, 2.24) is 4.98 Å². The Morgan fingerprint density at radius 2 is 1.94 bits per heavy atom. The second kappa shape index (κ2) is 3.75. The molecule has 0 fully saturated rings. The highest BCUT2D eigenvalue weighted by Gasteiger charge is 2.06. The lowest BCUT2D eigenvalue weighted by atomic mass is 10.1. The number of sulfonamides is 1. The summed E-state index contributed by atoms with van der Waals surface area (Å²) in [4.78, 5) is 4.17. The Labute approximate surface area is 94.4 Å². The number of aromatic nitrogens is 1. The molecule has 0 atom stereocenters. The summed E-state index contributed by atoms with van der Waals surface area (Å²) >= 11 is 0. The van der Waals surface area contributed by atoms with Gasteiger partial charge in [0.15, 0.2) is 0 Å². The van der Waals surface area contributed by atoms with Crippen molar-refractivity contribution in [2.75, 3.05) is 11.0 Å². The number of hydrogen-bond donors (Lipinski definition) is 1. The first-order valence-corrected chi connectivity index (χ1v) is 6.68. The van der Waals surface area contributed by atoms with Crippen LogP contribution in [0.1, 0.15) is 5.69 Å². The molecule has 5 heteroatoms. The van der Waals surface area contributed by atoms with E-state index >= 15 is 0 Å². The molecule has 0 aliphatic rings. The summed E-state index contributed by atoms with van der Waals surface area (Å²) in [6.45, 7) is 1.90. The summed E-state index contributed by atoms with van der Waals surface area (Å²) in [5.74, 6) is 0. The van der Waals surface area contributed by atoms with Gasteiger partial charge >= 0.3 is 0 Å². The summed E-state index contributed by atoms with van der Waals surface area (Å²) in [5, 5.41) is 1.82. The maximum Gasteiger partial charge on any atom is 0.229 e. The molecule has 2 aromatic rings. The van der Waals surface area contributed by atoms with Crippen molar-refractivity contribution < 1.29 is 8.42 Å². The van der Waals surface area contributed by atoms with Crippen molar-refractivity contribution in [3.8, 4) is 0 Å². The fourth-order valence-corrected chi connectivity index (χ4v) is 2.22. The predicted molar refractivity (Wildman–Crippen MR) is 64.9 cm³/mol. The molecule has 16 heavy (non-hydrogen) atoms. The van der Waals surface area contributed by atoms with Crippen molar-refractivity contribution in [3.63, 3.8) is 0 Å². The van der Waals surface area contributed by atoms with Crippen LogP contribution in [0.2, 0.25) is 0 Å². The summed E-state index contributed by atoms with van der Waals surface area (Å²) in [5.41, 5.74) is 1.47. The third-order valence-electron chi connectivity index (χ3n) is 2.30. The van der Waals surface area contributed by atoms with Crippen LogP contribution >= 0.6 is 0 Å². The molecule has 0 bridgehead atoms. The smallest absolute Gasteiger partial charge is 0.229 e. The van der Waals surface area contributed by atoms with Crippen LogP contribution in [-0.2, 0) is 10.0 Å². The zero-order valence-corrected chi connectivity index (χ0v) is 9.88. The van der Waals surface area contributed by atoms with Crippen molar-refractivity contribution in [3.05, 3.63) is 36.2 Å². The van der Waals surface area contributed by atoms with Gasteiger partial charge in [0, 0.05) is 22.7 Å². The van der Waals surface area contributed by atoms with Gasteiger partial charge < -0.3 is 0 Å². The van der Waals surface area contributed by atoms with Crippen LogP contribution in [0.4, 0.5) is 5.69 Å². The summed E-state index contributed by atoms with van der Waals surface area (Å²) in [7, 11) is -3.25. The van der Waals surface area contributed by atoms with E-state index in [9.17, 15) is 8.42 Å². The Balaban J connectivity index is 2.67. The van der Waals surface area contributed by atoms with Gasteiger partial charge in [-0.25, -0.2) is 8.42 Å². The van der Waals surface area contributed by atoms with Gasteiger partial charge in [0.2, 0.25) is 10.0 Å². The fraction of sp³-hybridized carbons (Fsp3) is 0.182. The number of aryl methyl sites for hydroxylation is 1. The van der Waals surface area contributed by atoms with Gasteiger partial charge in [-0.3, -0.25) is 9.71 Å². The molecular weight excluding hydrogens is 224 g/mol. The molecule has 2 rings (SSSR count). The molecule has 0 saturated carbocycles. The van der Waals surface area contributed by atoms with Gasteiger partial charge in [-0.2, -0.15) is 0 Å². The Hall–Kier alpha value is -1.62. The van der Waals surface area contributed by atoms with Crippen molar-refractivity contribution in [2.45, 2.75) is 6.92 Å². The average molecular weight is 236 g/mol. The van der Waals surface area contributed by atoms with Crippen LogP contribution in [-0.4, -0.2) is 19.7 Å². The standard InChI is InChI=1S/C11H12N2O2S/c1-8-9-4-3-5-11(13-16(2,14)15)10(9)6-7-12-8/h3-7,13H,1-2H3. The van der Waals surface area contributed by atoms with Crippen LogP contribution < -0.4 is 4.72 Å². The normalized spacial score (nSPS) is 11.6. The van der Waals surface area contributed by atoms with E-state index in [-0.39, 0.29) is 0 Å². The Bertz CT molecular complexity index is 635. The molecular formula is C11H12N2O2S. The number of fused-ring (bicyclic) bond motifs is 1. The zero-order valence-electron chi connectivity index (χ0n) is 9.06. The number of anilines is 1.